The maximum Gasteiger partial charge on any atom is 0.147 e. The fraction of sp³-hybridized carbons (Fsp3) is 0.200. The van der Waals surface area contributed by atoms with Crippen molar-refractivity contribution in [2.24, 2.45) is 0 Å². The number of rotatable bonds is 5. The predicted octanol–water partition coefficient (Wildman–Crippen LogP) is 3.82. The van der Waals surface area contributed by atoms with Gasteiger partial charge in [-0.1, -0.05) is 41.9 Å². The fourth-order valence-electron chi connectivity index (χ4n) is 1.79. The summed E-state index contributed by atoms with van der Waals surface area (Å²) in [4.78, 5) is 0. The highest BCUT2D eigenvalue weighted by atomic mass is 35.5. The zero-order valence-electron chi connectivity index (χ0n) is 10.4. The number of para-hydroxylation sites is 1. The van der Waals surface area contributed by atoms with Crippen molar-refractivity contribution in [3.05, 3.63) is 64.4 Å². The SMILES string of the molecule is Nc1ccccc1CCOCc1cccc(Cl)c1F. The van der Waals surface area contributed by atoms with Crippen molar-refractivity contribution in [1.82, 2.24) is 0 Å². The molecule has 0 heterocycles. The van der Waals surface area contributed by atoms with Gasteiger partial charge in [0.1, 0.15) is 5.82 Å². The lowest BCUT2D eigenvalue weighted by Gasteiger charge is -2.08. The highest BCUT2D eigenvalue weighted by molar-refractivity contribution is 6.30. The van der Waals surface area contributed by atoms with Crippen LogP contribution in [-0.4, -0.2) is 6.61 Å². The van der Waals surface area contributed by atoms with E-state index >= 15 is 0 Å². The van der Waals surface area contributed by atoms with Crippen molar-refractivity contribution in [2.45, 2.75) is 13.0 Å². The average molecular weight is 280 g/mol. The Morgan fingerprint density at radius 2 is 1.79 bits per heavy atom. The second kappa shape index (κ2) is 6.55. The van der Waals surface area contributed by atoms with E-state index in [1.54, 1.807) is 12.1 Å². The largest absolute Gasteiger partial charge is 0.399 e. The van der Waals surface area contributed by atoms with Crippen LogP contribution in [0.5, 0.6) is 0 Å². The van der Waals surface area contributed by atoms with Crippen molar-refractivity contribution in [1.29, 1.82) is 0 Å². The highest BCUT2D eigenvalue weighted by Gasteiger charge is 2.06. The number of nitrogen functional groups attached to an aromatic ring is 1. The Morgan fingerprint density at radius 3 is 2.58 bits per heavy atom. The van der Waals surface area contributed by atoms with Crippen LogP contribution in [0.2, 0.25) is 5.02 Å². The summed E-state index contributed by atoms with van der Waals surface area (Å²) in [5, 5.41) is 0.119. The molecule has 0 unspecified atom stereocenters. The van der Waals surface area contributed by atoms with E-state index in [1.165, 1.54) is 6.07 Å². The first-order chi connectivity index (χ1) is 9.18. The van der Waals surface area contributed by atoms with E-state index < -0.39 is 5.82 Å². The normalized spacial score (nSPS) is 10.6. The quantitative estimate of drug-likeness (QED) is 0.667. The molecule has 0 atom stereocenters. The minimum atomic E-state index is -0.414. The monoisotopic (exact) mass is 279 g/mol. The smallest absolute Gasteiger partial charge is 0.147 e. The molecule has 0 saturated heterocycles. The van der Waals surface area contributed by atoms with Gasteiger partial charge in [0, 0.05) is 11.3 Å². The maximum atomic E-state index is 13.6. The van der Waals surface area contributed by atoms with Crippen LogP contribution >= 0.6 is 11.6 Å². The third-order valence-corrected chi connectivity index (χ3v) is 3.15. The van der Waals surface area contributed by atoms with E-state index in [4.69, 9.17) is 22.1 Å². The van der Waals surface area contributed by atoms with Crippen molar-refractivity contribution in [3.63, 3.8) is 0 Å². The Kier molecular flexibility index (Phi) is 4.77. The van der Waals surface area contributed by atoms with Gasteiger partial charge in [0.05, 0.1) is 18.2 Å². The van der Waals surface area contributed by atoms with E-state index in [9.17, 15) is 4.39 Å². The van der Waals surface area contributed by atoms with Crippen LogP contribution < -0.4 is 5.73 Å². The van der Waals surface area contributed by atoms with E-state index in [1.807, 2.05) is 24.3 Å². The van der Waals surface area contributed by atoms with Gasteiger partial charge >= 0.3 is 0 Å². The van der Waals surface area contributed by atoms with E-state index in [-0.39, 0.29) is 11.6 Å². The molecule has 0 bridgehead atoms. The molecule has 0 saturated carbocycles. The standard InChI is InChI=1S/C15H15ClFNO/c16-13-6-3-5-12(15(13)17)10-19-9-8-11-4-1-2-7-14(11)18/h1-7H,8-10,18H2. The average Bonchev–Trinajstić information content (AvgIpc) is 2.41. The summed E-state index contributed by atoms with van der Waals surface area (Å²) in [5.41, 5.74) is 8.08. The van der Waals surface area contributed by atoms with E-state index in [0.29, 0.717) is 18.6 Å². The summed E-state index contributed by atoms with van der Waals surface area (Å²) < 4.78 is 19.0. The molecule has 0 aliphatic carbocycles. The van der Waals surface area contributed by atoms with Gasteiger partial charge in [-0.05, 0) is 24.1 Å². The Bertz CT molecular complexity index is 560. The molecule has 2 aromatic carbocycles. The van der Waals surface area contributed by atoms with Gasteiger partial charge in [-0.25, -0.2) is 4.39 Å². The summed E-state index contributed by atoms with van der Waals surface area (Å²) in [6.07, 6.45) is 0.703. The maximum absolute atomic E-state index is 13.6. The van der Waals surface area contributed by atoms with E-state index in [0.717, 1.165) is 11.3 Å². The molecule has 100 valence electrons. The van der Waals surface area contributed by atoms with Crippen molar-refractivity contribution < 1.29 is 9.13 Å². The number of ether oxygens (including phenoxy) is 1. The van der Waals surface area contributed by atoms with Crippen molar-refractivity contribution in [3.8, 4) is 0 Å². The Hall–Kier alpha value is -1.58. The van der Waals surface area contributed by atoms with Crippen LogP contribution in [0, 0.1) is 5.82 Å². The first-order valence-electron chi connectivity index (χ1n) is 6.02. The number of benzene rings is 2. The third-order valence-electron chi connectivity index (χ3n) is 2.86. The Morgan fingerprint density at radius 1 is 1.05 bits per heavy atom. The van der Waals surface area contributed by atoms with Crippen LogP contribution in [0.3, 0.4) is 0 Å². The third kappa shape index (κ3) is 3.69. The molecular weight excluding hydrogens is 265 g/mol. The topological polar surface area (TPSA) is 35.2 Å². The van der Waals surface area contributed by atoms with Crippen molar-refractivity contribution in [2.75, 3.05) is 12.3 Å². The predicted molar refractivity (Wildman–Crippen MR) is 75.6 cm³/mol. The lowest BCUT2D eigenvalue weighted by Crippen LogP contribution is -2.03. The minimum Gasteiger partial charge on any atom is -0.399 e. The second-order valence-electron chi connectivity index (χ2n) is 4.21. The number of nitrogens with two attached hydrogens (primary N) is 1. The molecule has 0 spiro atoms. The van der Waals surface area contributed by atoms with Gasteiger partial charge in [0.15, 0.2) is 0 Å². The lowest BCUT2D eigenvalue weighted by molar-refractivity contribution is 0.121. The summed E-state index contributed by atoms with van der Waals surface area (Å²) >= 11 is 5.70. The zero-order chi connectivity index (χ0) is 13.7. The molecule has 0 aromatic heterocycles. The van der Waals surface area contributed by atoms with Gasteiger partial charge in [-0.15, -0.1) is 0 Å². The van der Waals surface area contributed by atoms with Gasteiger partial charge in [-0.3, -0.25) is 0 Å². The number of hydrogen-bond acceptors (Lipinski definition) is 2. The van der Waals surface area contributed by atoms with Crippen molar-refractivity contribution >= 4 is 17.3 Å². The van der Waals surface area contributed by atoms with Gasteiger partial charge in [0.25, 0.3) is 0 Å². The molecule has 0 aliphatic heterocycles. The molecule has 4 heteroatoms. The number of hydrogen-bond donors (Lipinski definition) is 1. The molecular formula is C15H15ClFNO. The molecule has 2 aromatic rings. The molecule has 2 N–H and O–H groups in total. The molecule has 0 radical (unpaired) electrons. The van der Waals surface area contributed by atoms with Gasteiger partial charge < -0.3 is 10.5 Å². The molecule has 0 amide bonds. The molecule has 0 aliphatic rings. The number of anilines is 1. The van der Waals surface area contributed by atoms with Crippen LogP contribution in [0.1, 0.15) is 11.1 Å². The molecule has 0 fully saturated rings. The molecule has 19 heavy (non-hydrogen) atoms. The Labute approximate surface area is 117 Å². The van der Waals surface area contributed by atoms with Crippen LogP contribution in [-0.2, 0) is 17.8 Å². The first-order valence-corrected chi connectivity index (χ1v) is 6.40. The molecule has 2 rings (SSSR count). The summed E-state index contributed by atoms with van der Waals surface area (Å²) in [6.45, 7) is 0.694. The van der Waals surface area contributed by atoms with Gasteiger partial charge in [0.2, 0.25) is 0 Å². The lowest BCUT2D eigenvalue weighted by atomic mass is 10.1. The van der Waals surface area contributed by atoms with E-state index in [2.05, 4.69) is 0 Å². The minimum absolute atomic E-state index is 0.119. The van der Waals surface area contributed by atoms with Crippen LogP contribution in [0.25, 0.3) is 0 Å². The van der Waals surface area contributed by atoms with Gasteiger partial charge in [-0.2, -0.15) is 0 Å². The highest BCUT2D eigenvalue weighted by Crippen LogP contribution is 2.18. The van der Waals surface area contributed by atoms with Crippen LogP contribution in [0.4, 0.5) is 10.1 Å². The summed E-state index contributed by atoms with van der Waals surface area (Å²) in [6, 6.07) is 12.5. The summed E-state index contributed by atoms with van der Waals surface area (Å²) in [5.74, 6) is -0.414. The first kappa shape index (κ1) is 13.8. The zero-order valence-corrected chi connectivity index (χ0v) is 11.2. The Balaban J connectivity index is 1.84. The second-order valence-corrected chi connectivity index (χ2v) is 4.62. The van der Waals surface area contributed by atoms with Crippen LogP contribution in [0.15, 0.2) is 42.5 Å². The fourth-order valence-corrected chi connectivity index (χ4v) is 1.98. The number of halogens is 2. The summed E-state index contributed by atoms with van der Waals surface area (Å²) in [7, 11) is 0. The molecule has 2 nitrogen and oxygen atoms in total.